The van der Waals surface area contributed by atoms with Gasteiger partial charge in [-0.25, -0.2) is 0 Å². The van der Waals surface area contributed by atoms with Crippen LogP contribution < -0.4 is 0 Å². The predicted octanol–water partition coefficient (Wildman–Crippen LogP) is 2.44. The van der Waals surface area contributed by atoms with E-state index < -0.39 is 0 Å². The molecule has 0 aromatic carbocycles. The standard InChI is InChI=1S/C11H17N3/c1-8(6-5-7-12)11-9(2)13-14(4)10(11)3/h8H,5-6H2,1-4H3. The molecule has 0 amide bonds. The first-order chi connectivity index (χ1) is 6.57. The van der Waals surface area contributed by atoms with E-state index in [1.165, 1.54) is 11.3 Å². The molecule has 0 aliphatic carbocycles. The van der Waals surface area contributed by atoms with Gasteiger partial charge in [0.2, 0.25) is 0 Å². The third-order valence-corrected chi connectivity index (χ3v) is 2.75. The van der Waals surface area contributed by atoms with Crippen LogP contribution in [-0.4, -0.2) is 9.78 Å². The minimum Gasteiger partial charge on any atom is -0.272 e. The molecule has 76 valence electrons. The lowest BCUT2D eigenvalue weighted by molar-refractivity contribution is 0.681. The van der Waals surface area contributed by atoms with Crippen molar-refractivity contribution >= 4 is 0 Å². The zero-order valence-electron chi connectivity index (χ0n) is 9.33. The second-order valence-corrected chi connectivity index (χ2v) is 3.81. The van der Waals surface area contributed by atoms with Crippen LogP contribution in [0.4, 0.5) is 0 Å². The van der Waals surface area contributed by atoms with Gasteiger partial charge in [0.15, 0.2) is 0 Å². The smallest absolute Gasteiger partial charge is 0.0631 e. The van der Waals surface area contributed by atoms with Crippen LogP contribution in [0.25, 0.3) is 0 Å². The van der Waals surface area contributed by atoms with E-state index in [1.807, 2.05) is 18.7 Å². The first kappa shape index (κ1) is 10.8. The SMILES string of the molecule is Cc1nn(C)c(C)c1C(C)CCC#N. The lowest BCUT2D eigenvalue weighted by Gasteiger charge is -2.09. The molecule has 0 aliphatic heterocycles. The quantitative estimate of drug-likeness (QED) is 0.736. The molecule has 0 bridgehead atoms. The van der Waals surface area contributed by atoms with Gasteiger partial charge in [-0.2, -0.15) is 10.4 Å². The van der Waals surface area contributed by atoms with E-state index >= 15 is 0 Å². The van der Waals surface area contributed by atoms with Gasteiger partial charge in [-0.05, 0) is 31.7 Å². The summed E-state index contributed by atoms with van der Waals surface area (Å²) in [6, 6.07) is 2.19. The van der Waals surface area contributed by atoms with Gasteiger partial charge >= 0.3 is 0 Å². The molecule has 0 spiro atoms. The van der Waals surface area contributed by atoms with E-state index in [-0.39, 0.29) is 0 Å². The van der Waals surface area contributed by atoms with Crippen molar-refractivity contribution in [1.82, 2.24) is 9.78 Å². The molecule has 3 nitrogen and oxygen atoms in total. The van der Waals surface area contributed by atoms with Crippen molar-refractivity contribution < 1.29 is 0 Å². The van der Waals surface area contributed by atoms with Crippen molar-refractivity contribution in [3.63, 3.8) is 0 Å². The lowest BCUT2D eigenvalue weighted by Crippen LogP contribution is -1.98. The highest BCUT2D eigenvalue weighted by atomic mass is 15.3. The Kier molecular flexibility index (Phi) is 3.29. The fraction of sp³-hybridized carbons (Fsp3) is 0.636. The van der Waals surface area contributed by atoms with Gasteiger partial charge in [-0.15, -0.1) is 0 Å². The molecule has 0 fully saturated rings. The molecule has 1 unspecified atom stereocenters. The Morgan fingerprint density at radius 3 is 2.57 bits per heavy atom. The summed E-state index contributed by atoms with van der Waals surface area (Å²) >= 11 is 0. The fourth-order valence-corrected chi connectivity index (χ4v) is 1.93. The van der Waals surface area contributed by atoms with Gasteiger partial charge in [0.1, 0.15) is 0 Å². The number of aryl methyl sites for hydroxylation is 2. The van der Waals surface area contributed by atoms with E-state index in [2.05, 4.69) is 25.0 Å². The van der Waals surface area contributed by atoms with Crippen LogP contribution in [-0.2, 0) is 7.05 Å². The highest BCUT2D eigenvalue weighted by Crippen LogP contribution is 2.26. The highest BCUT2D eigenvalue weighted by molar-refractivity contribution is 5.28. The van der Waals surface area contributed by atoms with Crippen molar-refractivity contribution in [3.8, 4) is 6.07 Å². The summed E-state index contributed by atoms with van der Waals surface area (Å²) in [4.78, 5) is 0. The molecule has 0 saturated carbocycles. The zero-order chi connectivity index (χ0) is 10.7. The minimum absolute atomic E-state index is 0.434. The summed E-state index contributed by atoms with van der Waals surface area (Å²) in [6.07, 6.45) is 1.54. The molecular formula is C11H17N3. The third kappa shape index (κ3) is 1.95. The van der Waals surface area contributed by atoms with Crippen molar-refractivity contribution in [3.05, 3.63) is 17.0 Å². The van der Waals surface area contributed by atoms with Crippen molar-refractivity contribution in [2.75, 3.05) is 0 Å². The van der Waals surface area contributed by atoms with Crippen molar-refractivity contribution in [1.29, 1.82) is 5.26 Å². The molecule has 0 radical (unpaired) electrons. The number of rotatable bonds is 3. The van der Waals surface area contributed by atoms with Crippen LogP contribution in [0.1, 0.15) is 42.6 Å². The van der Waals surface area contributed by atoms with Crippen LogP contribution in [0.15, 0.2) is 0 Å². The monoisotopic (exact) mass is 191 g/mol. The first-order valence-electron chi connectivity index (χ1n) is 4.95. The molecule has 0 N–H and O–H groups in total. The Balaban J connectivity index is 2.89. The second kappa shape index (κ2) is 4.28. The maximum Gasteiger partial charge on any atom is 0.0631 e. The molecule has 1 heterocycles. The van der Waals surface area contributed by atoms with Gasteiger partial charge in [0.25, 0.3) is 0 Å². The van der Waals surface area contributed by atoms with Crippen molar-refractivity contribution in [2.24, 2.45) is 7.05 Å². The number of hydrogen-bond acceptors (Lipinski definition) is 2. The zero-order valence-corrected chi connectivity index (χ0v) is 9.33. The summed E-state index contributed by atoms with van der Waals surface area (Å²) in [6.45, 7) is 6.28. The molecule has 1 rings (SSSR count). The summed E-state index contributed by atoms with van der Waals surface area (Å²) in [5, 5.41) is 12.9. The number of nitriles is 1. The Hall–Kier alpha value is -1.30. The first-order valence-corrected chi connectivity index (χ1v) is 4.95. The molecule has 0 saturated heterocycles. The Morgan fingerprint density at radius 2 is 2.14 bits per heavy atom. The normalized spacial score (nSPS) is 12.5. The molecular weight excluding hydrogens is 174 g/mol. The van der Waals surface area contributed by atoms with Crippen molar-refractivity contribution in [2.45, 2.75) is 39.5 Å². The van der Waals surface area contributed by atoms with Gasteiger partial charge < -0.3 is 0 Å². The average molecular weight is 191 g/mol. The van der Waals surface area contributed by atoms with E-state index in [0.717, 1.165) is 12.1 Å². The Bertz CT molecular complexity index is 357. The molecule has 1 aromatic heterocycles. The molecule has 0 aliphatic rings. The lowest BCUT2D eigenvalue weighted by atomic mass is 9.95. The number of nitrogens with zero attached hydrogens (tertiary/aromatic N) is 3. The van der Waals surface area contributed by atoms with E-state index in [0.29, 0.717) is 12.3 Å². The minimum atomic E-state index is 0.434. The summed E-state index contributed by atoms with van der Waals surface area (Å²) in [7, 11) is 1.96. The van der Waals surface area contributed by atoms with Gasteiger partial charge in [-0.1, -0.05) is 6.92 Å². The van der Waals surface area contributed by atoms with Crippen LogP contribution >= 0.6 is 0 Å². The van der Waals surface area contributed by atoms with E-state index in [1.54, 1.807) is 0 Å². The van der Waals surface area contributed by atoms with Crippen LogP contribution in [0, 0.1) is 25.2 Å². The largest absolute Gasteiger partial charge is 0.272 e. The van der Waals surface area contributed by atoms with Crippen LogP contribution in [0.2, 0.25) is 0 Å². The van der Waals surface area contributed by atoms with Gasteiger partial charge in [0.05, 0.1) is 11.8 Å². The second-order valence-electron chi connectivity index (χ2n) is 3.81. The molecule has 1 atom stereocenters. The maximum absolute atomic E-state index is 8.54. The van der Waals surface area contributed by atoms with E-state index in [9.17, 15) is 0 Å². The average Bonchev–Trinajstić information content (AvgIpc) is 2.38. The Morgan fingerprint density at radius 1 is 1.50 bits per heavy atom. The summed E-state index contributed by atoms with van der Waals surface area (Å²) in [5.74, 6) is 0.434. The summed E-state index contributed by atoms with van der Waals surface area (Å²) in [5.41, 5.74) is 3.62. The van der Waals surface area contributed by atoms with Gasteiger partial charge in [-0.3, -0.25) is 4.68 Å². The van der Waals surface area contributed by atoms with Crippen LogP contribution in [0.5, 0.6) is 0 Å². The predicted molar refractivity (Wildman–Crippen MR) is 55.9 cm³/mol. The fourth-order valence-electron chi connectivity index (χ4n) is 1.93. The molecule has 1 aromatic rings. The topological polar surface area (TPSA) is 41.6 Å². The molecule has 14 heavy (non-hydrogen) atoms. The Labute approximate surface area is 85.4 Å². The van der Waals surface area contributed by atoms with Gasteiger partial charge in [0, 0.05) is 19.2 Å². The van der Waals surface area contributed by atoms with Crippen LogP contribution in [0.3, 0.4) is 0 Å². The maximum atomic E-state index is 8.54. The number of hydrogen-bond donors (Lipinski definition) is 0. The molecule has 3 heteroatoms. The third-order valence-electron chi connectivity index (χ3n) is 2.75. The van der Waals surface area contributed by atoms with E-state index in [4.69, 9.17) is 5.26 Å². The highest BCUT2D eigenvalue weighted by Gasteiger charge is 2.15. The number of aromatic nitrogens is 2. The summed E-state index contributed by atoms with van der Waals surface area (Å²) < 4.78 is 1.91.